The Bertz CT molecular complexity index is 819. The second kappa shape index (κ2) is 8.62. The molecule has 0 aliphatic carbocycles. The maximum absolute atomic E-state index is 12.0. The van der Waals surface area contributed by atoms with Crippen molar-refractivity contribution >= 4 is 10.0 Å². The van der Waals surface area contributed by atoms with Crippen molar-refractivity contribution in [2.24, 2.45) is 5.14 Å². The molecule has 7 heteroatoms. The van der Waals surface area contributed by atoms with Gasteiger partial charge in [-0.05, 0) is 50.6 Å². The van der Waals surface area contributed by atoms with Crippen LogP contribution in [0.5, 0.6) is 5.75 Å². The number of nitrogens with zero attached hydrogens (tertiary/aromatic N) is 2. The van der Waals surface area contributed by atoms with Gasteiger partial charge in [-0.2, -0.15) is 0 Å². The lowest BCUT2D eigenvalue weighted by Crippen LogP contribution is -2.31. The van der Waals surface area contributed by atoms with Crippen LogP contribution in [0.25, 0.3) is 11.1 Å². The zero-order valence-corrected chi connectivity index (χ0v) is 15.6. The molecule has 140 valence electrons. The van der Waals surface area contributed by atoms with Gasteiger partial charge in [-0.1, -0.05) is 18.6 Å². The lowest BCUT2D eigenvalue weighted by molar-refractivity contribution is 0.205. The molecule has 3 rings (SSSR count). The number of hydrogen-bond donors (Lipinski definition) is 1. The van der Waals surface area contributed by atoms with Gasteiger partial charge < -0.3 is 9.64 Å². The molecule has 1 aromatic carbocycles. The Morgan fingerprint density at radius 2 is 1.92 bits per heavy atom. The molecule has 2 N–H and O–H groups in total. The minimum absolute atomic E-state index is 0.0547. The number of ether oxygens (including phenoxy) is 1. The first-order chi connectivity index (χ1) is 12.6. The van der Waals surface area contributed by atoms with Crippen LogP contribution in [-0.2, 0) is 10.0 Å². The zero-order chi connectivity index (χ0) is 18.4. The SMILES string of the molecule is NS(=O)(=O)c1cccc(OCCCN2CCCCC2)c1-c1cccnc1. The van der Waals surface area contributed by atoms with Crippen LogP contribution in [0.15, 0.2) is 47.6 Å². The maximum atomic E-state index is 12.0. The molecule has 26 heavy (non-hydrogen) atoms. The van der Waals surface area contributed by atoms with Crippen LogP contribution in [0.1, 0.15) is 25.7 Å². The minimum Gasteiger partial charge on any atom is -0.493 e. The molecule has 0 spiro atoms. The third-order valence-corrected chi connectivity index (χ3v) is 5.52. The van der Waals surface area contributed by atoms with Crippen LogP contribution in [0, 0.1) is 0 Å². The summed E-state index contributed by atoms with van der Waals surface area (Å²) in [5, 5.41) is 5.41. The molecular formula is C19H25N3O3S. The number of piperidine rings is 1. The Morgan fingerprint density at radius 1 is 1.12 bits per heavy atom. The molecule has 1 saturated heterocycles. The monoisotopic (exact) mass is 375 g/mol. The Morgan fingerprint density at radius 3 is 2.62 bits per heavy atom. The number of aromatic nitrogens is 1. The first kappa shape index (κ1) is 18.8. The Kier molecular flexibility index (Phi) is 6.24. The lowest BCUT2D eigenvalue weighted by atomic mass is 10.1. The number of benzene rings is 1. The van der Waals surface area contributed by atoms with Crippen molar-refractivity contribution in [1.82, 2.24) is 9.88 Å². The average Bonchev–Trinajstić information content (AvgIpc) is 2.66. The van der Waals surface area contributed by atoms with Crippen molar-refractivity contribution in [1.29, 1.82) is 0 Å². The smallest absolute Gasteiger partial charge is 0.238 e. The molecule has 0 bridgehead atoms. The molecule has 2 aromatic rings. The molecule has 1 fully saturated rings. The number of likely N-dealkylation sites (tertiary alicyclic amines) is 1. The molecule has 0 atom stereocenters. The molecule has 2 heterocycles. The van der Waals surface area contributed by atoms with Gasteiger partial charge in [-0.15, -0.1) is 0 Å². The minimum atomic E-state index is -3.87. The van der Waals surface area contributed by atoms with Gasteiger partial charge in [0, 0.05) is 30.1 Å². The van der Waals surface area contributed by atoms with Crippen molar-refractivity contribution in [3.05, 3.63) is 42.7 Å². The number of sulfonamides is 1. The van der Waals surface area contributed by atoms with E-state index in [0.717, 1.165) is 26.1 Å². The molecule has 1 aliphatic rings. The van der Waals surface area contributed by atoms with Crippen LogP contribution in [0.3, 0.4) is 0 Å². The molecule has 0 radical (unpaired) electrons. The Hall–Kier alpha value is -1.96. The summed E-state index contributed by atoms with van der Waals surface area (Å²) in [5.41, 5.74) is 1.14. The van der Waals surface area contributed by atoms with Crippen LogP contribution in [-0.4, -0.2) is 44.5 Å². The van der Waals surface area contributed by atoms with Crippen molar-refractivity contribution in [2.75, 3.05) is 26.2 Å². The number of nitrogens with two attached hydrogens (primary N) is 1. The zero-order valence-electron chi connectivity index (χ0n) is 14.8. The fourth-order valence-electron chi connectivity index (χ4n) is 3.32. The summed E-state index contributed by atoms with van der Waals surface area (Å²) in [5.74, 6) is 0.517. The molecule has 1 aliphatic heterocycles. The fourth-order valence-corrected chi connectivity index (χ4v) is 4.09. The van der Waals surface area contributed by atoms with E-state index in [9.17, 15) is 8.42 Å². The third-order valence-electron chi connectivity index (χ3n) is 4.57. The quantitative estimate of drug-likeness (QED) is 0.752. The van der Waals surface area contributed by atoms with E-state index in [1.54, 1.807) is 36.7 Å². The summed E-state index contributed by atoms with van der Waals surface area (Å²) in [6.45, 7) is 3.83. The van der Waals surface area contributed by atoms with Crippen LogP contribution >= 0.6 is 0 Å². The second-order valence-corrected chi connectivity index (χ2v) is 8.05. The number of primary sulfonamides is 1. The van der Waals surface area contributed by atoms with Crippen LogP contribution in [0.4, 0.5) is 0 Å². The van der Waals surface area contributed by atoms with E-state index >= 15 is 0 Å². The van der Waals surface area contributed by atoms with E-state index in [4.69, 9.17) is 9.88 Å². The standard InChI is InChI=1S/C19H25N3O3S/c20-26(23,24)18-9-4-8-17(19(18)16-7-5-10-21-15-16)25-14-6-13-22-11-2-1-3-12-22/h4-5,7-10,15H,1-3,6,11-14H2,(H2,20,23,24). The predicted octanol–water partition coefficient (Wildman–Crippen LogP) is 2.65. The van der Waals surface area contributed by atoms with E-state index in [1.165, 1.54) is 25.3 Å². The van der Waals surface area contributed by atoms with Gasteiger partial charge in [0.25, 0.3) is 0 Å². The van der Waals surface area contributed by atoms with Gasteiger partial charge in [0.1, 0.15) is 5.75 Å². The van der Waals surface area contributed by atoms with Gasteiger partial charge in [0.15, 0.2) is 0 Å². The first-order valence-electron chi connectivity index (χ1n) is 8.97. The topological polar surface area (TPSA) is 85.5 Å². The van der Waals surface area contributed by atoms with E-state index in [-0.39, 0.29) is 4.90 Å². The molecule has 0 saturated carbocycles. The van der Waals surface area contributed by atoms with Crippen molar-refractivity contribution in [3.8, 4) is 16.9 Å². The third kappa shape index (κ3) is 4.81. The van der Waals surface area contributed by atoms with E-state index in [2.05, 4.69) is 9.88 Å². The van der Waals surface area contributed by atoms with E-state index in [1.807, 2.05) is 0 Å². The number of rotatable bonds is 7. The molecule has 0 amide bonds. The summed E-state index contributed by atoms with van der Waals surface area (Å²) in [7, 11) is -3.87. The summed E-state index contributed by atoms with van der Waals surface area (Å²) in [4.78, 5) is 6.59. The van der Waals surface area contributed by atoms with Gasteiger partial charge in [-0.25, -0.2) is 13.6 Å². The maximum Gasteiger partial charge on any atom is 0.238 e. The van der Waals surface area contributed by atoms with Crippen molar-refractivity contribution in [3.63, 3.8) is 0 Å². The summed E-state index contributed by atoms with van der Waals surface area (Å²) in [6, 6.07) is 8.49. The Balaban J connectivity index is 1.76. The fraction of sp³-hybridized carbons (Fsp3) is 0.421. The highest BCUT2D eigenvalue weighted by Crippen LogP contribution is 2.35. The highest BCUT2D eigenvalue weighted by Gasteiger charge is 2.20. The van der Waals surface area contributed by atoms with Crippen LogP contribution in [0.2, 0.25) is 0 Å². The Labute approximate surface area is 155 Å². The normalized spacial score (nSPS) is 15.7. The average molecular weight is 375 g/mol. The van der Waals surface area contributed by atoms with Gasteiger partial charge in [0.2, 0.25) is 10.0 Å². The second-order valence-electron chi connectivity index (χ2n) is 6.52. The molecular weight excluding hydrogens is 350 g/mol. The van der Waals surface area contributed by atoms with Gasteiger partial charge >= 0.3 is 0 Å². The summed E-state index contributed by atoms with van der Waals surface area (Å²) >= 11 is 0. The molecule has 1 aromatic heterocycles. The number of hydrogen-bond acceptors (Lipinski definition) is 5. The highest BCUT2D eigenvalue weighted by atomic mass is 32.2. The largest absolute Gasteiger partial charge is 0.493 e. The first-order valence-corrected chi connectivity index (χ1v) is 10.5. The highest BCUT2D eigenvalue weighted by molar-refractivity contribution is 7.89. The lowest BCUT2D eigenvalue weighted by Gasteiger charge is -2.26. The van der Waals surface area contributed by atoms with Gasteiger partial charge in [-0.3, -0.25) is 4.98 Å². The molecule has 0 unspecified atom stereocenters. The van der Waals surface area contributed by atoms with Crippen molar-refractivity contribution < 1.29 is 13.2 Å². The summed E-state index contributed by atoms with van der Waals surface area (Å²) < 4.78 is 30.0. The van der Waals surface area contributed by atoms with Crippen LogP contribution < -0.4 is 9.88 Å². The van der Waals surface area contributed by atoms with E-state index in [0.29, 0.717) is 23.5 Å². The van der Waals surface area contributed by atoms with Gasteiger partial charge in [0.05, 0.1) is 11.5 Å². The summed E-state index contributed by atoms with van der Waals surface area (Å²) in [6.07, 6.45) is 8.01. The molecule has 6 nitrogen and oxygen atoms in total. The number of pyridine rings is 1. The van der Waals surface area contributed by atoms with Crippen molar-refractivity contribution in [2.45, 2.75) is 30.6 Å². The predicted molar refractivity (Wildman–Crippen MR) is 101 cm³/mol. The van der Waals surface area contributed by atoms with E-state index < -0.39 is 10.0 Å².